The highest BCUT2D eigenvalue weighted by Crippen LogP contribution is 2.61. The maximum absolute atomic E-state index is 12.7. The molecule has 0 radical (unpaired) electrons. The third-order valence-corrected chi connectivity index (χ3v) is 2.76. The van der Waals surface area contributed by atoms with Crippen molar-refractivity contribution in [3.63, 3.8) is 0 Å². The van der Waals surface area contributed by atoms with Crippen LogP contribution in [0.5, 0.6) is 0 Å². The molecule has 14 heavy (non-hydrogen) atoms. The lowest BCUT2D eigenvalue weighted by atomic mass is 10.0. The van der Waals surface area contributed by atoms with E-state index in [4.69, 9.17) is 0 Å². The Morgan fingerprint density at radius 2 is 1.43 bits per heavy atom. The van der Waals surface area contributed by atoms with Gasteiger partial charge >= 0.3 is 17.1 Å². The van der Waals surface area contributed by atoms with Crippen molar-refractivity contribution in [1.29, 1.82) is 0 Å². The van der Waals surface area contributed by atoms with Crippen LogP contribution in [0.4, 0.5) is 35.1 Å². The highest BCUT2D eigenvalue weighted by Gasteiger charge is 2.82. The minimum atomic E-state index is -6.15. The van der Waals surface area contributed by atoms with E-state index in [1.54, 1.807) is 0 Å². The molecule has 0 aromatic heterocycles. The quantitative estimate of drug-likeness (QED) is 0.591. The molecule has 0 aliphatic carbocycles. The summed E-state index contributed by atoms with van der Waals surface area (Å²) in [6.07, 6.45) is -10.1. The molecule has 84 valence electrons. The van der Waals surface area contributed by atoms with Crippen molar-refractivity contribution in [2.24, 2.45) is 0 Å². The van der Waals surface area contributed by atoms with Gasteiger partial charge in [0.25, 0.3) is 0 Å². The van der Waals surface area contributed by atoms with Gasteiger partial charge in [-0.3, -0.25) is 0 Å². The first-order valence-electron chi connectivity index (χ1n) is 3.13. The first kappa shape index (κ1) is 11.9. The maximum atomic E-state index is 12.7. The van der Waals surface area contributed by atoms with Crippen molar-refractivity contribution in [2.45, 2.75) is 28.8 Å². The smallest absolute Gasteiger partial charge is 0.239 e. The van der Waals surface area contributed by atoms with Crippen molar-refractivity contribution in [1.82, 2.24) is 0 Å². The Morgan fingerprint density at radius 1 is 1.00 bits per heavy atom. The molecule has 0 aromatic carbocycles. The molecule has 3 atom stereocenters. The van der Waals surface area contributed by atoms with Crippen molar-refractivity contribution in [3.8, 4) is 0 Å². The van der Waals surface area contributed by atoms with Gasteiger partial charge in [0.05, 0.1) is 0 Å². The highest BCUT2D eigenvalue weighted by atomic mass is 32.2. The summed E-state index contributed by atoms with van der Waals surface area (Å²) in [5, 5.41) is -5.15. The summed E-state index contributed by atoms with van der Waals surface area (Å²) < 4.78 is 97.4. The van der Waals surface area contributed by atoms with E-state index in [0.29, 0.717) is 0 Å². The third-order valence-electron chi connectivity index (χ3n) is 1.71. The fourth-order valence-electron chi connectivity index (χ4n) is 0.949. The van der Waals surface area contributed by atoms with E-state index >= 15 is 0 Å². The Kier molecular flexibility index (Phi) is 2.45. The zero-order chi connectivity index (χ0) is 11.4. The minimum absolute atomic E-state index is 1.31. The molecule has 1 saturated heterocycles. The number of hydrogen-bond donors (Lipinski definition) is 0. The Bertz CT molecular complexity index is 236. The lowest BCUT2D eigenvalue weighted by Gasteiger charge is -2.28. The molecule has 0 nitrogen and oxygen atoms in total. The Labute approximate surface area is 76.6 Å². The van der Waals surface area contributed by atoms with Gasteiger partial charge < -0.3 is 0 Å². The molecule has 0 amide bonds. The van der Waals surface area contributed by atoms with Crippen molar-refractivity contribution < 1.29 is 35.1 Å². The second-order valence-corrected chi connectivity index (χ2v) is 3.80. The summed E-state index contributed by atoms with van der Waals surface area (Å²) in [5.41, 5.74) is -8.68. The van der Waals surface area contributed by atoms with E-state index in [9.17, 15) is 35.1 Å². The van der Waals surface area contributed by atoms with Gasteiger partial charge in [0.2, 0.25) is 0 Å². The largest absolute Gasteiger partial charge is 0.432 e. The van der Waals surface area contributed by atoms with Crippen LogP contribution in [0.15, 0.2) is 0 Å². The van der Waals surface area contributed by atoms with E-state index in [1.165, 1.54) is 0 Å². The Hall–Kier alpha value is -0.210. The molecule has 1 heterocycles. The molecule has 3 unspecified atom stereocenters. The molecular formula is C5H2F8S. The number of hydrogen-bond acceptors (Lipinski definition) is 1. The van der Waals surface area contributed by atoms with Gasteiger partial charge in [-0.05, 0) is 11.8 Å². The molecule has 1 aliphatic rings. The molecule has 1 rings (SSSR count). The van der Waals surface area contributed by atoms with Gasteiger partial charge in [-0.1, -0.05) is 0 Å². The Morgan fingerprint density at radius 3 is 1.57 bits per heavy atom. The van der Waals surface area contributed by atoms with Crippen molar-refractivity contribution in [3.05, 3.63) is 0 Å². The van der Waals surface area contributed by atoms with Crippen LogP contribution < -0.4 is 0 Å². The molecular weight excluding hydrogens is 244 g/mol. The molecule has 0 spiro atoms. The summed E-state index contributed by atoms with van der Waals surface area (Å²) in [6, 6.07) is 0. The van der Waals surface area contributed by atoms with Gasteiger partial charge in [0, 0.05) is 0 Å². The fraction of sp³-hybridized carbons (Fsp3) is 1.00. The van der Waals surface area contributed by atoms with Crippen LogP contribution in [0, 0.1) is 0 Å². The molecule has 1 fully saturated rings. The predicted molar refractivity (Wildman–Crippen MR) is 32.2 cm³/mol. The van der Waals surface area contributed by atoms with Crippen LogP contribution in [0.2, 0.25) is 0 Å². The fourth-order valence-corrected chi connectivity index (χ4v) is 1.94. The number of alkyl halides is 8. The van der Waals surface area contributed by atoms with Crippen LogP contribution >= 0.6 is 11.8 Å². The zero-order valence-corrected chi connectivity index (χ0v) is 6.90. The molecule has 0 aromatic rings. The van der Waals surface area contributed by atoms with Gasteiger partial charge in [-0.2, -0.15) is 22.0 Å². The Balaban J connectivity index is 3.18. The van der Waals surface area contributed by atoms with E-state index in [2.05, 4.69) is 0 Å². The number of rotatable bonds is 0. The van der Waals surface area contributed by atoms with Crippen LogP contribution in [-0.2, 0) is 0 Å². The van der Waals surface area contributed by atoms with Crippen molar-refractivity contribution in [2.75, 3.05) is 0 Å². The highest BCUT2D eigenvalue weighted by molar-refractivity contribution is 8.01. The SMILES string of the molecule is FC1SC(F)(F)C(F)(C(F)(F)F)C1F. The molecule has 9 heteroatoms. The summed E-state index contributed by atoms with van der Waals surface area (Å²) in [5.74, 6) is 0. The first-order valence-corrected chi connectivity index (χ1v) is 4.01. The average Bonchev–Trinajstić information content (AvgIpc) is 2.10. The second-order valence-electron chi connectivity index (χ2n) is 2.60. The zero-order valence-electron chi connectivity index (χ0n) is 6.09. The first-order chi connectivity index (χ1) is 6.04. The standard InChI is InChI=1S/C5H2F8S/c6-1-2(7)14-5(12,13)3(1,8)4(9,10)11/h1-2H. The normalized spacial score (nSPS) is 42.9. The third kappa shape index (κ3) is 1.28. The van der Waals surface area contributed by atoms with E-state index in [0.717, 1.165) is 0 Å². The van der Waals surface area contributed by atoms with Crippen LogP contribution in [0.3, 0.4) is 0 Å². The topological polar surface area (TPSA) is 0 Å². The van der Waals surface area contributed by atoms with Crippen LogP contribution in [0.25, 0.3) is 0 Å². The summed E-state index contributed by atoms with van der Waals surface area (Å²) in [4.78, 5) is 0. The number of halogens is 8. The maximum Gasteiger partial charge on any atom is 0.432 e. The minimum Gasteiger partial charge on any atom is -0.239 e. The summed E-state index contributed by atoms with van der Waals surface area (Å²) in [7, 11) is 0. The summed E-state index contributed by atoms with van der Waals surface area (Å²) in [6.45, 7) is 0. The molecule has 0 saturated carbocycles. The van der Waals surface area contributed by atoms with E-state index in [-0.39, 0.29) is 0 Å². The van der Waals surface area contributed by atoms with E-state index in [1.807, 2.05) is 0 Å². The van der Waals surface area contributed by atoms with E-state index < -0.39 is 40.5 Å². The average molecular weight is 246 g/mol. The molecule has 0 N–H and O–H groups in total. The lowest BCUT2D eigenvalue weighted by molar-refractivity contribution is -0.292. The van der Waals surface area contributed by atoms with Gasteiger partial charge in [0.15, 0.2) is 11.7 Å². The van der Waals surface area contributed by atoms with Gasteiger partial charge in [-0.25, -0.2) is 13.2 Å². The number of thioether (sulfide) groups is 1. The molecule has 0 bridgehead atoms. The lowest BCUT2D eigenvalue weighted by Crippen LogP contribution is -2.56. The van der Waals surface area contributed by atoms with Gasteiger partial charge in [-0.15, -0.1) is 0 Å². The second kappa shape index (κ2) is 2.89. The summed E-state index contributed by atoms with van der Waals surface area (Å²) >= 11 is -1.31. The van der Waals surface area contributed by atoms with Gasteiger partial charge in [0.1, 0.15) is 0 Å². The predicted octanol–water partition coefficient (Wildman–Crippen LogP) is 3.23. The van der Waals surface area contributed by atoms with Crippen LogP contribution in [-0.4, -0.2) is 28.8 Å². The van der Waals surface area contributed by atoms with Crippen LogP contribution in [0.1, 0.15) is 0 Å². The molecule has 1 aliphatic heterocycles. The van der Waals surface area contributed by atoms with Crippen molar-refractivity contribution >= 4 is 11.8 Å². The monoisotopic (exact) mass is 246 g/mol.